The molecule has 0 bridgehead atoms. The Morgan fingerprint density at radius 2 is 2.44 bits per heavy atom. The first-order valence-electron chi connectivity index (χ1n) is 5.91. The monoisotopic (exact) mass is 242 g/mol. The topological polar surface area (TPSA) is 55.1 Å². The van der Waals surface area contributed by atoms with E-state index in [0.29, 0.717) is 5.92 Å². The molecule has 1 amide bonds. The predicted octanol–water partition coefficient (Wildman–Crippen LogP) is 1.54. The fourth-order valence-electron chi connectivity index (χ4n) is 1.79. The molecule has 3 N–H and O–H groups in total. The highest BCUT2D eigenvalue weighted by Crippen LogP contribution is 2.16. The summed E-state index contributed by atoms with van der Waals surface area (Å²) in [5, 5.41) is 2.95. The van der Waals surface area contributed by atoms with Gasteiger partial charge in [-0.25, -0.2) is 0 Å². The molecular formula is C12H22N2OS. The zero-order valence-electron chi connectivity index (χ0n) is 9.95. The van der Waals surface area contributed by atoms with Gasteiger partial charge in [0.25, 0.3) is 0 Å². The number of rotatable bonds is 6. The number of nitrogens with one attached hydrogen (secondary N) is 1. The summed E-state index contributed by atoms with van der Waals surface area (Å²) in [4.78, 5) is 11.6. The molecule has 1 aliphatic carbocycles. The molecule has 0 radical (unpaired) electrons. The number of amides is 1. The molecule has 0 aromatic carbocycles. The van der Waals surface area contributed by atoms with Crippen LogP contribution in [-0.4, -0.2) is 30.5 Å². The second-order valence-corrected chi connectivity index (χ2v) is 5.27. The lowest BCUT2D eigenvalue weighted by Gasteiger charge is -2.19. The van der Waals surface area contributed by atoms with Gasteiger partial charge in [-0.05, 0) is 43.6 Å². The van der Waals surface area contributed by atoms with Crippen molar-refractivity contribution in [2.24, 2.45) is 11.7 Å². The van der Waals surface area contributed by atoms with E-state index in [4.69, 9.17) is 5.73 Å². The van der Waals surface area contributed by atoms with Crippen LogP contribution in [0.25, 0.3) is 0 Å². The molecule has 4 heteroatoms. The van der Waals surface area contributed by atoms with Crippen LogP contribution in [0, 0.1) is 5.92 Å². The van der Waals surface area contributed by atoms with Crippen molar-refractivity contribution in [3.05, 3.63) is 12.2 Å². The van der Waals surface area contributed by atoms with E-state index in [1.54, 1.807) is 11.8 Å². The van der Waals surface area contributed by atoms with Crippen LogP contribution in [0.2, 0.25) is 0 Å². The van der Waals surface area contributed by atoms with E-state index in [1.165, 1.54) is 6.42 Å². The van der Waals surface area contributed by atoms with E-state index in [1.807, 2.05) is 6.26 Å². The van der Waals surface area contributed by atoms with Crippen molar-refractivity contribution in [2.75, 3.05) is 18.6 Å². The number of hydrogen-bond donors (Lipinski definition) is 2. The van der Waals surface area contributed by atoms with Crippen molar-refractivity contribution in [3.63, 3.8) is 0 Å². The Morgan fingerprint density at radius 1 is 1.62 bits per heavy atom. The molecule has 0 spiro atoms. The third-order valence-corrected chi connectivity index (χ3v) is 3.56. The molecule has 16 heavy (non-hydrogen) atoms. The predicted molar refractivity (Wildman–Crippen MR) is 70.5 cm³/mol. The van der Waals surface area contributed by atoms with Crippen molar-refractivity contribution >= 4 is 17.7 Å². The highest BCUT2D eigenvalue weighted by Gasteiger charge is 2.15. The minimum atomic E-state index is -0.341. The summed E-state index contributed by atoms with van der Waals surface area (Å²) in [6.07, 6.45) is 10.6. The largest absolute Gasteiger partial charge is 0.354 e. The van der Waals surface area contributed by atoms with Gasteiger partial charge in [0, 0.05) is 6.54 Å². The number of carbonyl (C=O) groups is 1. The Kier molecular flexibility index (Phi) is 6.57. The lowest BCUT2D eigenvalue weighted by atomic mass is 9.94. The molecule has 0 heterocycles. The minimum Gasteiger partial charge on any atom is -0.354 e. The van der Waals surface area contributed by atoms with E-state index in [2.05, 4.69) is 17.5 Å². The lowest BCUT2D eigenvalue weighted by molar-refractivity contribution is -0.122. The number of carbonyl (C=O) groups excluding carboxylic acids is 1. The number of thioether (sulfide) groups is 1. The maximum atomic E-state index is 11.6. The Hall–Kier alpha value is -0.480. The maximum absolute atomic E-state index is 11.6. The first kappa shape index (κ1) is 13.6. The van der Waals surface area contributed by atoms with Gasteiger partial charge in [0.15, 0.2) is 0 Å². The van der Waals surface area contributed by atoms with Gasteiger partial charge < -0.3 is 11.1 Å². The van der Waals surface area contributed by atoms with Gasteiger partial charge in [-0.2, -0.15) is 11.8 Å². The quantitative estimate of drug-likeness (QED) is 0.695. The van der Waals surface area contributed by atoms with Gasteiger partial charge in [0.05, 0.1) is 6.04 Å². The van der Waals surface area contributed by atoms with Crippen LogP contribution in [0.4, 0.5) is 0 Å². The van der Waals surface area contributed by atoms with Gasteiger partial charge in [0.1, 0.15) is 0 Å². The van der Waals surface area contributed by atoms with Gasteiger partial charge in [-0.3, -0.25) is 4.79 Å². The Bertz CT molecular complexity index is 243. The SMILES string of the molecule is CSCC[C@H](N)C(=O)NCC1CC=CCC1. The van der Waals surface area contributed by atoms with E-state index >= 15 is 0 Å². The summed E-state index contributed by atoms with van der Waals surface area (Å²) >= 11 is 1.72. The maximum Gasteiger partial charge on any atom is 0.236 e. The zero-order valence-corrected chi connectivity index (χ0v) is 10.8. The zero-order chi connectivity index (χ0) is 11.8. The van der Waals surface area contributed by atoms with Crippen LogP contribution < -0.4 is 11.1 Å². The fourth-order valence-corrected chi connectivity index (χ4v) is 2.28. The molecule has 3 nitrogen and oxygen atoms in total. The number of nitrogens with two attached hydrogens (primary N) is 1. The first-order chi connectivity index (χ1) is 7.74. The molecule has 1 rings (SSSR count). The molecule has 0 saturated heterocycles. The van der Waals surface area contributed by atoms with Crippen molar-refractivity contribution in [1.82, 2.24) is 5.32 Å². The van der Waals surface area contributed by atoms with Crippen molar-refractivity contribution in [1.29, 1.82) is 0 Å². The van der Waals surface area contributed by atoms with Crippen molar-refractivity contribution in [3.8, 4) is 0 Å². The highest BCUT2D eigenvalue weighted by atomic mass is 32.2. The second kappa shape index (κ2) is 7.74. The third-order valence-electron chi connectivity index (χ3n) is 2.91. The van der Waals surface area contributed by atoms with Crippen LogP contribution in [0.15, 0.2) is 12.2 Å². The van der Waals surface area contributed by atoms with Crippen LogP contribution in [0.1, 0.15) is 25.7 Å². The molecular weight excluding hydrogens is 220 g/mol. The summed E-state index contributed by atoms with van der Waals surface area (Å²) < 4.78 is 0. The summed E-state index contributed by atoms with van der Waals surface area (Å²) in [6, 6.07) is -0.341. The summed E-state index contributed by atoms with van der Waals surface area (Å²) in [5.41, 5.74) is 5.78. The average Bonchev–Trinajstić information content (AvgIpc) is 2.34. The standard InChI is InChI=1S/C12H22N2OS/c1-16-8-7-11(13)12(15)14-9-10-5-3-2-4-6-10/h2-3,10-11H,4-9,13H2,1H3,(H,14,15)/t10?,11-/m0/s1. The molecule has 1 aliphatic rings. The molecule has 0 aromatic rings. The third kappa shape index (κ3) is 5.03. The van der Waals surface area contributed by atoms with Gasteiger partial charge in [0.2, 0.25) is 5.91 Å². The van der Waals surface area contributed by atoms with Gasteiger partial charge in [-0.15, -0.1) is 0 Å². The molecule has 0 aromatic heterocycles. The van der Waals surface area contributed by atoms with Crippen LogP contribution in [0.3, 0.4) is 0 Å². The molecule has 2 atom stereocenters. The molecule has 0 saturated carbocycles. The van der Waals surface area contributed by atoms with Crippen LogP contribution in [-0.2, 0) is 4.79 Å². The highest BCUT2D eigenvalue weighted by molar-refractivity contribution is 7.98. The normalized spacial score (nSPS) is 21.8. The van der Waals surface area contributed by atoms with Crippen molar-refractivity contribution in [2.45, 2.75) is 31.7 Å². The summed E-state index contributed by atoms with van der Waals surface area (Å²) in [7, 11) is 0. The number of allylic oxidation sites excluding steroid dienone is 2. The minimum absolute atomic E-state index is 0.00334. The summed E-state index contributed by atoms with van der Waals surface area (Å²) in [6.45, 7) is 0.774. The van der Waals surface area contributed by atoms with Crippen molar-refractivity contribution < 1.29 is 4.79 Å². The molecule has 0 fully saturated rings. The molecule has 0 aliphatic heterocycles. The summed E-state index contributed by atoms with van der Waals surface area (Å²) in [5.74, 6) is 1.55. The molecule has 92 valence electrons. The van der Waals surface area contributed by atoms with Crippen LogP contribution >= 0.6 is 11.8 Å². The average molecular weight is 242 g/mol. The van der Waals surface area contributed by atoms with Crippen LogP contribution in [0.5, 0.6) is 0 Å². The van der Waals surface area contributed by atoms with E-state index in [-0.39, 0.29) is 11.9 Å². The number of hydrogen-bond acceptors (Lipinski definition) is 3. The van der Waals surface area contributed by atoms with E-state index in [9.17, 15) is 4.79 Å². The second-order valence-electron chi connectivity index (χ2n) is 4.28. The van der Waals surface area contributed by atoms with E-state index in [0.717, 1.165) is 31.6 Å². The van der Waals surface area contributed by atoms with Gasteiger partial charge in [-0.1, -0.05) is 12.2 Å². The Morgan fingerprint density at radius 3 is 3.06 bits per heavy atom. The Labute approximate surface area is 102 Å². The Balaban J connectivity index is 2.15. The van der Waals surface area contributed by atoms with E-state index < -0.39 is 0 Å². The first-order valence-corrected chi connectivity index (χ1v) is 7.30. The smallest absolute Gasteiger partial charge is 0.236 e. The molecule has 1 unspecified atom stereocenters. The van der Waals surface area contributed by atoms with Gasteiger partial charge >= 0.3 is 0 Å². The lowest BCUT2D eigenvalue weighted by Crippen LogP contribution is -2.42. The fraction of sp³-hybridized carbons (Fsp3) is 0.750.